The fraction of sp³-hybridized carbons (Fsp3) is 1.00. The average Bonchev–Trinajstić information content (AvgIpc) is 3.06. The molecule has 0 aromatic carbocycles. The molecule has 1 aliphatic rings. The van der Waals surface area contributed by atoms with Gasteiger partial charge in [-0.2, -0.15) is 12.6 Å². The zero-order valence-corrected chi connectivity index (χ0v) is 11.7. The summed E-state index contributed by atoms with van der Waals surface area (Å²) in [4.78, 5) is 2.38. The number of nitrogens with zero attached hydrogens (tertiary/aromatic N) is 1. The Balaban J connectivity index is 1.86. The molecule has 0 heterocycles. The summed E-state index contributed by atoms with van der Waals surface area (Å²) in [5.41, 5.74) is 0. The fourth-order valence-electron chi connectivity index (χ4n) is 1.67. The first-order valence-electron chi connectivity index (χ1n) is 6.59. The van der Waals surface area contributed by atoms with Crippen LogP contribution < -0.4 is 0 Å². The Morgan fingerprint density at radius 3 is 2.69 bits per heavy atom. The molecule has 0 radical (unpaired) electrons. The highest BCUT2D eigenvalue weighted by Gasteiger charge is 2.20. The molecule has 0 amide bonds. The molecule has 1 unspecified atom stereocenters. The summed E-state index contributed by atoms with van der Waals surface area (Å²) in [6.07, 6.45) is 5.28. The van der Waals surface area contributed by atoms with Crippen LogP contribution in [0.1, 0.15) is 32.6 Å². The standard InChI is InChI=1S/C13H27NOS/c1-12(6-10-16)5-7-14(2)8-9-15-11-13-3-4-13/h12-13,16H,3-11H2,1-2H3. The maximum atomic E-state index is 5.63. The molecule has 2 nitrogen and oxygen atoms in total. The second-order valence-corrected chi connectivity index (χ2v) is 5.67. The van der Waals surface area contributed by atoms with Crippen LogP contribution in [0.4, 0.5) is 0 Å². The molecule has 0 aromatic rings. The van der Waals surface area contributed by atoms with Crippen LogP contribution in [0.15, 0.2) is 0 Å². The third-order valence-electron chi connectivity index (χ3n) is 3.29. The van der Waals surface area contributed by atoms with E-state index in [0.717, 1.165) is 37.3 Å². The maximum absolute atomic E-state index is 5.63. The van der Waals surface area contributed by atoms with Gasteiger partial charge in [-0.15, -0.1) is 0 Å². The summed E-state index contributed by atoms with van der Waals surface area (Å²) < 4.78 is 5.63. The van der Waals surface area contributed by atoms with Gasteiger partial charge in [0.15, 0.2) is 0 Å². The quantitative estimate of drug-likeness (QED) is 0.469. The summed E-state index contributed by atoms with van der Waals surface area (Å²) in [5.74, 6) is 2.70. The van der Waals surface area contributed by atoms with Crippen molar-refractivity contribution in [2.75, 3.05) is 39.1 Å². The van der Waals surface area contributed by atoms with Gasteiger partial charge < -0.3 is 9.64 Å². The maximum Gasteiger partial charge on any atom is 0.0593 e. The second kappa shape index (κ2) is 8.37. The average molecular weight is 245 g/mol. The van der Waals surface area contributed by atoms with Crippen molar-refractivity contribution in [3.05, 3.63) is 0 Å². The fourth-order valence-corrected chi connectivity index (χ4v) is 2.11. The molecule has 0 N–H and O–H groups in total. The predicted molar refractivity (Wildman–Crippen MR) is 73.3 cm³/mol. The van der Waals surface area contributed by atoms with Crippen LogP contribution in [0, 0.1) is 11.8 Å². The summed E-state index contributed by atoms with van der Waals surface area (Å²) in [5, 5.41) is 0. The van der Waals surface area contributed by atoms with Crippen LogP contribution in [0.3, 0.4) is 0 Å². The molecule has 1 fully saturated rings. The summed E-state index contributed by atoms with van der Waals surface area (Å²) in [6, 6.07) is 0. The van der Waals surface area contributed by atoms with E-state index < -0.39 is 0 Å². The first-order chi connectivity index (χ1) is 7.72. The van der Waals surface area contributed by atoms with Gasteiger partial charge in [0, 0.05) is 13.2 Å². The van der Waals surface area contributed by atoms with Gasteiger partial charge in [0.25, 0.3) is 0 Å². The second-order valence-electron chi connectivity index (χ2n) is 5.23. The molecule has 1 atom stereocenters. The van der Waals surface area contributed by atoms with Gasteiger partial charge in [-0.1, -0.05) is 6.92 Å². The van der Waals surface area contributed by atoms with Gasteiger partial charge in [0.05, 0.1) is 6.61 Å². The summed E-state index contributed by atoms with van der Waals surface area (Å²) in [6.45, 7) is 6.45. The minimum atomic E-state index is 0.798. The van der Waals surface area contributed by atoms with Crippen molar-refractivity contribution in [2.45, 2.75) is 32.6 Å². The monoisotopic (exact) mass is 245 g/mol. The van der Waals surface area contributed by atoms with E-state index in [9.17, 15) is 0 Å². The summed E-state index contributed by atoms with van der Waals surface area (Å²) >= 11 is 4.26. The molecule has 0 spiro atoms. The first-order valence-corrected chi connectivity index (χ1v) is 7.22. The van der Waals surface area contributed by atoms with Crippen molar-refractivity contribution < 1.29 is 4.74 Å². The van der Waals surface area contributed by atoms with Crippen LogP contribution in [0.5, 0.6) is 0 Å². The van der Waals surface area contributed by atoms with Crippen molar-refractivity contribution >= 4 is 12.6 Å². The zero-order valence-electron chi connectivity index (χ0n) is 10.8. The Kier molecular flexibility index (Phi) is 7.50. The van der Waals surface area contributed by atoms with E-state index in [0.29, 0.717) is 0 Å². The van der Waals surface area contributed by atoms with Crippen molar-refractivity contribution in [1.29, 1.82) is 0 Å². The van der Waals surface area contributed by atoms with E-state index in [-0.39, 0.29) is 0 Å². The van der Waals surface area contributed by atoms with Crippen LogP contribution in [0.25, 0.3) is 0 Å². The Morgan fingerprint density at radius 1 is 1.31 bits per heavy atom. The lowest BCUT2D eigenvalue weighted by molar-refractivity contribution is 0.102. The normalized spacial score (nSPS) is 18.0. The highest BCUT2D eigenvalue weighted by Crippen LogP contribution is 2.28. The number of rotatable bonds is 10. The van der Waals surface area contributed by atoms with E-state index in [1.165, 1.54) is 32.2 Å². The van der Waals surface area contributed by atoms with Gasteiger partial charge >= 0.3 is 0 Å². The third-order valence-corrected chi connectivity index (χ3v) is 3.55. The van der Waals surface area contributed by atoms with E-state index in [4.69, 9.17) is 4.74 Å². The van der Waals surface area contributed by atoms with Gasteiger partial charge in [0.1, 0.15) is 0 Å². The molecular formula is C13H27NOS. The molecule has 0 aliphatic heterocycles. The largest absolute Gasteiger partial charge is 0.380 e. The van der Waals surface area contributed by atoms with Gasteiger partial charge in [-0.05, 0) is 56.9 Å². The Hall–Kier alpha value is 0.270. The van der Waals surface area contributed by atoms with Crippen LogP contribution in [-0.2, 0) is 4.74 Å². The number of hydrogen-bond donors (Lipinski definition) is 1. The smallest absolute Gasteiger partial charge is 0.0593 e. The topological polar surface area (TPSA) is 12.5 Å². The third kappa shape index (κ3) is 7.53. The minimum absolute atomic E-state index is 0.798. The lowest BCUT2D eigenvalue weighted by atomic mass is 10.1. The molecule has 0 saturated heterocycles. The predicted octanol–water partition coefficient (Wildman–Crippen LogP) is 2.69. The van der Waals surface area contributed by atoms with Gasteiger partial charge in [-0.3, -0.25) is 0 Å². The molecule has 1 rings (SSSR count). The molecule has 0 aromatic heterocycles. The van der Waals surface area contributed by atoms with Crippen LogP contribution in [0.2, 0.25) is 0 Å². The van der Waals surface area contributed by atoms with Crippen LogP contribution >= 0.6 is 12.6 Å². The first kappa shape index (κ1) is 14.3. The molecule has 1 saturated carbocycles. The SMILES string of the molecule is CC(CCS)CCN(C)CCOCC1CC1. The van der Waals surface area contributed by atoms with E-state index >= 15 is 0 Å². The van der Waals surface area contributed by atoms with Crippen molar-refractivity contribution in [3.63, 3.8) is 0 Å². The Morgan fingerprint density at radius 2 is 2.06 bits per heavy atom. The lowest BCUT2D eigenvalue weighted by Crippen LogP contribution is -2.25. The number of likely N-dealkylation sites (N-methyl/N-ethyl adjacent to an activating group) is 1. The van der Waals surface area contributed by atoms with Gasteiger partial charge in [-0.25, -0.2) is 0 Å². The lowest BCUT2D eigenvalue weighted by Gasteiger charge is -2.18. The molecule has 3 heteroatoms. The molecule has 1 aliphatic carbocycles. The van der Waals surface area contributed by atoms with Crippen molar-refractivity contribution in [1.82, 2.24) is 4.90 Å². The Bertz CT molecular complexity index is 173. The van der Waals surface area contributed by atoms with Crippen molar-refractivity contribution in [3.8, 4) is 0 Å². The van der Waals surface area contributed by atoms with Gasteiger partial charge in [0.2, 0.25) is 0 Å². The molecule has 0 bridgehead atoms. The Labute approximate surface area is 106 Å². The van der Waals surface area contributed by atoms with E-state index in [1.807, 2.05) is 0 Å². The van der Waals surface area contributed by atoms with Crippen molar-refractivity contribution in [2.24, 2.45) is 11.8 Å². The number of hydrogen-bond acceptors (Lipinski definition) is 3. The van der Waals surface area contributed by atoms with E-state index in [2.05, 4.69) is 31.5 Å². The molecular weight excluding hydrogens is 218 g/mol. The molecule has 16 heavy (non-hydrogen) atoms. The zero-order chi connectivity index (χ0) is 11.8. The van der Waals surface area contributed by atoms with E-state index in [1.54, 1.807) is 0 Å². The highest BCUT2D eigenvalue weighted by atomic mass is 32.1. The van der Waals surface area contributed by atoms with Crippen LogP contribution in [-0.4, -0.2) is 44.0 Å². The number of ether oxygens (including phenoxy) is 1. The summed E-state index contributed by atoms with van der Waals surface area (Å²) in [7, 11) is 2.19. The molecule has 96 valence electrons. The highest BCUT2D eigenvalue weighted by molar-refractivity contribution is 7.80. The minimum Gasteiger partial charge on any atom is -0.380 e. The number of thiol groups is 1.